The third-order valence-corrected chi connectivity index (χ3v) is 7.68. The number of nitrogens with zero attached hydrogens (tertiary/aromatic N) is 6. The Labute approximate surface area is 275 Å². The molecule has 2 aromatic heterocycles. The predicted molar refractivity (Wildman–Crippen MR) is 173 cm³/mol. The molecule has 13 nitrogen and oxygen atoms in total. The minimum Gasteiger partial charge on any atom is -0.508 e. The van der Waals surface area contributed by atoms with Crippen LogP contribution in [-0.4, -0.2) is 61.9 Å². The van der Waals surface area contributed by atoms with Crippen LogP contribution in [0.4, 0.5) is 10.2 Å². The minimum atomic E-state index is -0.688. The van der Waals surface area contributed by atoms with Gasteiger partial charge in [0.15, 0.2) is 5.82 Å². The van der Waals surface area contributed by atoms with Gasteiger partial charge >= 0.3 is 0 Å². The second-order valence-electron chi connectivity index (χ2n) is 10.7. The first-order valence-electron chi connectivity index (χ1n) is 14.6. The maximum absolute atomic E-state index is 14.8. The van der Waals surface area contributed by atoms with E-state index in [9.17, 15) is 24.8 Å². The van der Waals surface area contributed by atoms with Crippen molar-refractivity contribution in [1.29, 1.82) is 10.5 Å². The number of halogens is 1. The van der Waals surface area contributed by atoms with Crippen LogP contribution in [0, 0.1) is 35.4 Å². The molecule has 244 valence electrons. The average Bonchev–Trinajstić information content (AvgIpc) is 3.11. The van der Waals surface area contributed by atoms with Gasteiger partial charge in [0.05, 0.1) is 5.56 Å². The lowest BCUT2D eigenvalue weighted by atomic mass is 9.91. The molecule has 0 radical (unpaired) electrons. The lowest BCUT2D eigenvalue weighted by Crippen LogP contribution is -2.43. The zero-order valence-electron chi connectivity index (χ0n) is 25.8. The second-order valence-corrected chi connectivity index (χ2v) is 10.7. The fraction of sp³-hybridized carbons (Fsp3) is 0.206. The number of carboxylic acid groups (broad SMARTS) is 1. The number of hydroxylamine groups is 1. The number of nitriles is 2. The molecule has 0 atom stereocenters. The van der Waals surface area contributed by atoms with Gasteiger partial charge in [-0.15, -0.1) is 0 Å². The van der Waals surface area contributed by atoms with E-state index in [0.29, 0.717) is 59.1 Å². The molecular weight excluding hydrogens is 619 g/mol. The molecule has 0 spiro atoms. The molecule has 0 unspecified atom stereocenters. The molecule has 2 aromatic carbocycles. The molecule has 1 aliphatic heterocycles. The number of phenolic OH excluding ortho intramolecular Hbond substituents is 1. The number of amides is 1. The highest BCUT2D eigenvalue weighted by molar-refractivity contribution is 5.91. The molecule has 3 heterocycles. The Morgan fingerprint density at radius 3 is 2.35 bits per heavy atom. The fourth-order valence-electron chi connectivity index (χ4n) is 5.19. The van der Waals surface area contributed by atoms with Gasteiger partial charge in [-0.2, -0.15) is 10.5 Å². The minimum absolute atomic E-state index is 0.0908. The summed E-state index contributed by atoms with van der Waals surface area (Å²) < 4.78 is 14.8. The Morgan fingerprint density at radius 1 is 1.06 bits per heavy atom. The number of aromatic hydroxyl groups is 1. The first-order chi connectivity index (χ1) is 23.2. The lowest BCUT2D eigenvalue weighted by molar-refractivity contribution is -0.124. The average molecular weight is 651 g/mol. The molecule has 1 saturated heterocycles. The zero-order chi connectivity index (χ0) is 34.6. The Morgan fingerprint density at radius 2 is 1.75 bits per heavy atom. The van der Waals surface area contributed by atoms with Crippen LogP contribution in [0.25, 0.3) is 28.3 Å². The summed E-state index contributed by atoms with van der Waals surface area (Å²) in [6.45, 7) is 3.32. The van der Waals surface area contributed by atoms with Gasteiger partial charge in [-0.05, 0) is 60.7 Å². The van der Waals surface area contributed by atoms with E-state index in [1.165, 1.54) is 23.7 Å². The summed E-state index contributed by atoms with van der Waals surface area (Å²) in [5, 5.41) is 49.0. The normalized spacial score (nSPS) is 12.8. The summed E-state index contributed by atoms with van der Waals surface area (Å²) in [6.07, 6.45) is 9.04. The van der Waals surface area contributed by atoms with Gasteiger partial charge in [0.1, 0.15) is 35.1 Å². The lowest BCUT2D eigenvalue weighted by Gasteiger charge is -2.34. The van der Waals surface area contributed by atoms with Gasteiger partial charge in [-0.25, -0.2) is 24.8 Å². The van der Waals surface area contributed by atoms with Crippen molar-refractivity contribution in [3.63, 3.8) is 0 Å². The second kappa shape index (κ2) is 16.4. The van der Waals surface area contributed by atoms with Gasteiger partial charge in [-0.3, -0.25) is 14.8 Å². The van der Waals surface area contributed by atoms with Crippen molar-refractivity contribution in [3.05, 3.63) is 95.0 Å². The Balaban J connectivity index is 0.00000167. The molecule has 0 aliphatic carbocycles. The van der Waals surface area contributed by atoms with E-state index >= 15 is 0 Å². The molecule has 0 bridgehead atoms. The molecule has 5 rings (SSSR count). The van der Waals surface area contributed by atoms with Crippen LogP contribution < -0.4 is 15.7 Å². The van der Waals surface area contributed by atoms with Gasteiger partial charge in [0.2, 0.25) is 0 Å². The highest BCUT2D eigenvalue weighted by Crippen LogP contribution is 2.40. The standard InChI is InChI=1S/C33H29FN8O3.CH2O2/c1-20-2-3-22(13-29(20)43)27-19-40-33(26(15-36)32(27)23-4-5-24(14-35)28(34)12-23)42-10-8-25(9-11-42)37-16-21-17-38-30(39-18-21)6-7-31(44)41-45;2-1-3/h2-7,12-13,17-19,25,37,43,45H,8-11,16H2,1H3,(H,41,44);1H,(H,2,3)/b7-6+;. The van der Waals surface area contributed by atoms with E-state index in [1.54, 1.807) is 43.7 Å². The molecule has 1 fully saturated rings. The monoisotopic (exact) mass is 650 g/mol. The van der Waals surface area contributed by atoms with Crippen molar-refractivity contribution in [2.75, 3.05) is 18.0 Å². The van der Waals surface area contributed by atoms with E-state index in [1.807, 2.05) is 17.0 Å². The van der Waals surface area contributed by atoms with Gasteiger partial charge in [0, 0.05) is 67.0 Å². The number of aryl methyl sites for hydroxylation is 1. The van der Waals surface area contributed by atoms with Crippen LogP contribution in [0.1, 0.15) is 40.9 Å². The number of anilines is 1. The van der Waals surface area contributed by atoms with Crippen LogP contribution >= 0.6 is 0 Å². The Bertz CT molecular complexity index is 1900. The third-order valence-electron chi connectivity index (χ3n) is 7.68. The number of phenols is 1. The van der Waals surface area contributed by atoms with E-state index in [0.717, 1.165) is 24.5 Å². The molecule has 0 saturated carbocycles. The van der Waals surface area contributed by atoms with E-state index in [4.69, 9.17) is 20.1 Å². The number of carbonyl (C=O) groups excluding carboxylic acids is 1. The van der Waals surface area contributed by atoms with Crippen molar-refractivity contribution in [1.82, 2.24) is 25.7 Å². The highest BCUT2D eigenvalue weighted by Gasteiger charge is 2.26. The molecule has 5 N–H and O–H groups in total. The van der Waals surface area contributed by atoms with Crippen LogP contribution in [0.2, 0.25) is 0 Å². The summed E-state index contributed by atoms with van der Waals surface area (Å²) in [5.74, 6) is -0.442. The van der Waals surface area contributed by atoms with E-state index < -0.39 is 11.7 Å². The molecule has 48 heavy (non-hydrogen) atoms. The maximum atomic E-state index is 14.8. The number of hydrogen-bond donors (Lipinski definition) is 5. The number of hydrogen-bond acceptors (Lipinski definition) is 11. The number of aromatic nitrogens is 3. The fourth-order valence-corrected chi connectivity index (χ4v) is 5.19. The third kappa shape index (κ3) is 8.32. The summed E-state index contributed by atoms with van der Waals surface area (Å²) in [4.78, 5) is 34.6. The number of nitrogens with one attached hydrogen (secondary N) is 2. The van der Waals surface area contributed by atoms with Crippen LogP contribution in [0.3, 0.4) is 0 Å². The molecule has 4 aromatic rings. The summed E-state index contributed by atoms with van der Waals surface area (Å²) >= 11 is 0. The predicted octanol–water partition coefficient (Wildman–Crippen LogP) is 4.08. The van der Waals surface area contributed by atoms with E-state index in [2.05, 4.69) is 21.4 Å². The van der Waals surface area contributed by atoms with Crippen molar-refractivity contribution in [2.45, 2.75) is 32.4 Å². The molecule has 14 heteroatoms. The smallest absolute Gasteiger partial charge is 0.290 e. The first kappa shape index (κ1) is 34.6. The quantitative estimate of drug-likeness (QED) is 0.0791. The van der Waals surface area contributed by atoms with Gasteiger partial charge < -0.3 is 20.4 Å². The van der Waals surface area contributed by atoms with Crippen LogP contribution in [0.15, 0.2) is 61.1 Å². The number of benzene rings is 2. The molecular formula is C34H31FN8O5. The number of piperidine rings is 1. The number of pyridine rings is 1. The van der Waals surface area contributed by atoms with Gasteiger partial charge in [0.25, 0.3) is 12.4 Å². The number of rotatable bonds is 8. The van der Waals surface area contributed by atoms with Crippen LogP contribution in [0.5, 0.6) is 5.75 Å². The topological polar surface area (TPSA) is 208 Å². The largest absolute Gasteiger partial charge is 0.508 e. The number of carbonyl (C=O) groups is 2. The van der Waals surface area contributed by atoms with Crippen molar-refractivity contribution in [2.24, 2.45) is 0 Å². The first-order valence-corrected chi connectivity index (χ1v) is 14.6. The summed E-state index contributed by atoms with van der Waals surface area (Å²) in [5.41, 5.74) is 5.35. The van der Waals surface area contributed by atoms with Crippen molar-refractivity contribution >= 4 is 24.3 Å². The Hall–Kier alpha value is -6.22. The van der Waals surface area contributed by atoms with Gasteiger partial charge in [-0.1, -0.05) is 18.2 Å². The highest BCUT2D eigenvalue weighted by atomic mass is 19.1. The molecule has 1 aliphatic rings. The zero-order valence-corrected chi connectivity index (χ0v) is 25.8. The summed E-state index contributed by atoms with van der Waals surface area (Å²) in [7, 11) is 0. The van der Waals surface area contributed by atoms with Crippen molar-refractivity contribution < 1.29 is 29.4 Å². The SMILES string of the molecule is Cc1ccc(-c2cnc(N3CCC(NCc4cnc(/C=C/C(=O)NO)nc4)CC3)c(C#N)c2-c2ccc(C#N)c(F)c2)cc1O.O=CO. The van der Waals surface area contributed by atoms with E-state index in [-0.39, 0.29) is 29.4 Å². The van der Waals surface area contributed by atoms with Crippen molar-refractivity contribution in [3.8, 4) is 40.1 Å². The summed E-state index contributed by atoms with van der Waals surface area (Å²) in [6, 6.07) is 13.8. The molecule has 1 amide bonds. The van der Waals surface area contributed by atoms with Crippen LogP contribution in [-0.2, 0) is 16.1 Å². The maximum Gasteiger partial charge on any atom is 0.290 e. The Kier molecular flexibility index (Phi) is 11.8.